The molecule has 1 unspecified atom stereocenters. The standard InChI is InChI=1S/C40H43Cl2F2N3O7/c1-23(53-38(50)54-26-10-7-6-8-11-26)52-37(49)24-14-17-31(32(18-24)51-5)46-36(48)35-33(27-12-9-13-29(42)34(27)44)40(20-45,22-47(35)21-39(2,3)4)28-16-15-25(41)19-30(28)43/h9,12-19,23,26,33,35H,6-8,10-11,21-22H2,1-5H3,(H,46,48)/t23?,33-,35+,40+/m0/s1. The summed E-state index contributed by atoms with van der Waals surface area (Å²) in [5.74, 6) is -4.29. The normalized spacial score (nSPS) is 21.1. The summed E-state index contributed by atoms with van der Waals surface area (Å²) in [6.07, 6.45) is 2.08. The number of nitriles is 1. The van der Waals surface area contributed by atoms with E-state index in [9.17, 15) is 19.6 Å². The largest absolute Gasteiger partial charge is 0.511 e. The lowest BCUT2D eigenvalue weighted by Gasteiger charge is -2.33. The van der Waals surface area contributed by atoms with Crippen molar-refractivity contribution in [1.82, 2.24) is 4.90 Å². The molecule has 2 fully saturated rings. The summed E-state index contributed by atoms with van der Waals surface area (Å²) in [6.45, 7) is 7.34. The van der Waals surface area contributed by atoms with Crippen molar-refractivity contribution in [2.45, 2.75) is 89.6 Å². The van der Waals surface area contributed by atoms with Crippen LogP contribution in [0.15, 0.2) is 54.6 Å². The van der Waals surface area contributed by atoms with Crippen molar-refractivity contribution >= 4 is 46.9 Å². The van der Waals surface area contributed by atoms with Crippen LogP contribution in [0.1, 0.15) is 87.2 Å². The highest BCUT2D eigenvalue weighted by Gasteiger charge is 2.59. The Balaban J connectivity index is 1.46. The molecule has 1 saturated heterocycles. The van der Waals surface area contributed by atoms with E-state index in [4.69, 9.17) is 42.1 Å². The van der Waals surface area contributed by atoms with Gasteiger partial charge in [-0.15, -0.1) is 0 Å². The Labute approximate surface area is 323 Å². The fourth-order valence-corrected chi connectivity index (χ4v) is 7.74. The minimum Gasteiger partial charge on any atom is -0.495 e. The summed E-state index contributed by atoms with van der Waals surface area (Å²) in [4.78, 5) is 41.6. The molecule has 1 aliphatic heterocycles. The molecule has 3 aromatic rings. The highest BCUT2D eigenvalue weighted by molar-refractivity contribution is 6.31. The fraction of sp³-hybridized carbons (Fsp3) is 0.450. The number of methoxy groups -OCH3 is 1. The first-order chi connectivity index (χ1) is 25.6. The second-order valence-electron chi connectivity index (χ2n) is 14.9. The van der Waals surface area contributed by atoms with Gasteiger partial charge in [0.2, 0.25) is 12.2 Å². The molecule has 1 aliphatic carbocycles. The highest BCUT2D eigenvalue weighted by Crippen LogP contribution is 2.52. The second kappa shape index (κ2) is 16.9. The van der Waals surface area contributed by atoms with Gasteiger partial charge < -0.3 is 24.3 Å². The van der Waals surface area contributed by atoms with Crippen LogP contribution < -0.4 is 10.1 Å². The Morgan fingerprint density at radius 2 is 1.76 bits per heavy atom. The molecule has 4 atom stereocenters. The molecule has 0 bridgehead atoms. The number of hydrogen-bond donors (Lipinski definition) is 1. The number of carbonyl (C=O) groups is 3. The Kier molecular flexibility index (Phi) is 12.8. The second-order valence-corrected chi connectivity index (χ2v) is 15.7. The number of hydrogen-bond acceptors (Lipinski definition) is 9. The smallest absolute Gasteiger partial charge is 0.495 e. The van der Waals surface area contributed by atoms with E-state index in [2.05, 4.69) is 11.4 Å². The van der Waals surface area contributed by atoms with Crippen molar-refractivity contribution < 1.29 is 42.1 Å². The number of likely N-dealkylation sites (tertiary alicyclic amines) is 1. The van der Waals surface area contributed by atoms with Gasteiger partial charge in [-0.1, -0.05) is 68.6 Å². The van der Waals surface area contributed by atoms with Gasteiger partial charge in [0.1, 0.15) is 28.9 Å². The van der Waals surface area contributed by atoms with E-state index in [1.807, 2.05) is 20.8 Å². The maximum absolute atomic E-state index is 16.0. The maximum Gasteiger partial charge on any atom is 0.511 e. The summed E-state index contributed by atoms with van der Waals surface area (Å²) in [5.41, 5.74) is -2.11. The minimum absolute atomic E-state index is 0.0248. The van der Waals surface area contributed by atoms with E-state index in [-0.39, 0.29) is 57.4 Å². The summed E-state index contributed by atoms with van der Waals surface area (Å²) < 4.78 is 53.2. The number of rotatable bonds is 10. The molecule has 1 heterocycles. The first-order valence-electron chi connectivity index (χ1n) is 17.7. The van der Waals surface area contributed by atoms with Gasteiger partial charge in [0.15, 0.2) is 0 Å². The predicted octanol–water partition coefficient (Wildman–Crippen LogP) is 9.18. The first kappa shape index (κ1) is 40.7. The monoisotopic (exact) mass is 785 g/mol. The van der Waals surface area contributed by atoms with Gasteiger partial charge in [-0.2, -0.15) is 5.26 Å². The highest BCUT2D eigenvalue weighted by atomic mass is 35.5. The topological polar surface area (TPSA) is 127 Å². The van der Waals surface area contributed by atoms with E-state index >= 15 is 8.78 Å². The molecule has 14 heteroatoms. The third-order valence-corrected chi connectivity index (χ3v) is 10.1. The molecule has 3 aromatic carbocycles. The number of ether oxygens (including phenoxy) is 4. The molecular formula is C40H43Cl2F2N3O7. The number of amides is 1. The van der Waals surface area contributed by atoms with E-state index < -0.39 is 58.7 Å². The van der Waals surface area contributed by atoms with Crippen molar-refractivity contribution in [3.63, 3.8) is 0 Å². The average molecular weight is 787 g/mol. The summed E-state index contributed by atoms with van der Waals surface area (Å²) in [5, 5.41) is 13.7. The zero-order chi connectivity index (χ0) is 39.4. The summed E-state index contributed by atoms with van der Waals surface area (Å²) in [7, 11) is 1.34. The van der Waals surface area contributed by atoms with Crippen molar-refractivity contribution in [2.24, 2.45) is 5.41 Å². The SMILES string of the molecule is COc1cc(C(=O)OC(C)OC(=O)OC2CCCCC2)ccc1NC(=O)[C@H]1[C@H](c2cccc(Cl)c2F)[C@@](C#N)(c2ccc(Cl)cc2F)CN1CC(C)(C)C. The Bertz CT molecular complexity index is 1930. The van der Waals surface area contributed by atoms with Crippen molar-refractivity contribution in [2.75, 3.05) is 25.5 Å². The Morgan fingerprint density at radius 1 is 1.04 bits per heavy atom. The van der Waals surface area contributed by atoms with Crippen LogP contribution in [0.25, 0.3) is 0 Å². The average Bonchev–Trinajstić information content (AvgIpc) is 3.42. The van der Waals surface area contributed by atoms with Crippen LogP contribution in [-0.2, 0) is 24.4 Å². The lowest BCUT2D eigenvalue weighted by atomic mass is 9.68. The number of nitrogens with zero attached hydrogens (tertiary/aromatic N) is 2. The number of anilines is 1. The lowest BCUT2D eigenvalue weighted by molar-refractivity contribution is -0.121. The summed E-state index contributed by atoms with van der Waals surface area (Å²) in [6, 6.07) is 13.4. The van der Waals surface area contributed by atoms with Crippen molar-refractivity contribution in [1.29, 1.82) is 5.26 Å². The van der Waals surface area contributed by atoms with Gasteiger partial charge in [-0.25, -0.2) is 18.4 Å². The molecule has 0 aromatic heterocycles. The van der Waals surface area contributed by atoms with Crippen LogP contribution in [0.3, 0.4) is 0 Å². The van der Waals surface area contributed by atoms with E-state index in [0.717, 1.165) is 38.2 Å². The van der Waals surface area contributed by atoms with Gasteiger partial charge in [0.05, 0.1) is 35.5 Å². The molecule has 54 heavy (non-hydrogen) atoms. The molecule has 1 amide bonds. The molecule has 288 valence electrons. The Morgan fingerprint density at radius 3 is 2.41 bits per heavy atom. The Hall–Kier alpha value is -4.44. The number of nitrogens with one attached hydrogen (secondary N) is 1. The minimum atomic E-state index is -1.77. The number of carbonyl (C=O) groups excluding carboxylic acids is 3. The third-order valence-electron chi connectivity index (χ3n) is 9.61. The molecule has 0 spiro atoms. The third kappa shape index (κ3) is 9.08. The number of halogens is 4. The predicted molar refractivity (Wildman–Crippen MR) is 199 cm³/mol. The lowest BCUT2D eigenvalue weighted by Crippen LogP contribution is -2.45. The molecule has 10 nitrogen and oxygen atoms in total. The molecule has 0 radical (unpaired) electrons. The van der Waals surface area contributed by atoms with E-state index in [1.165, 1.54) is 62.6 Å². The van der Waals surface area contributed by atoms with Gasteiger partial charge in [0.25, 0.3) is 0 Å². The van der Waals surface area contributed by atoms with Crippen LogP contribution in [0.5, 0.6) is 5.75 Å². The van der Waals surface area contributed by atoms with Gasteiger partial charge in [-0.3, -0.25) is 9.69 Å². The summed E-state index contributed by atoms with van der Waals surface area (Å²) >= 11 is 12.3. The van der Waals surface area contributed by atoms with Crippen LogP contribution in [0.4, 0.5) is 19.3 Å². The van der Waals surface area contributed by atoms with Crippen LogP contribution >= 0.6 is 23.2 Å². The van der Waals surface area contributed by atoms with Gasteiger partial charge in [-0.05, 0) is 73.1 Å². The maximum atomic E-state index is 16.0. The first-order valence-corrected chi connectivity index (χ1v) is 18.4. The quantitative estimate of drug-likeness (QED) is 0.158. The molecule has 5 rings (SSSR count). The molecule has 1 N–H and O–H groups in total. The fourth-order valence-electron chi connectivity index (χ4n) is 7.40. The van der Waals surface area contributed by atoms with Gasteiger partial charge in [0, 0.05) is 36.5 Å². The van der Waals surface area contributed by atoms with E-state index in [1.54, 1.807) is 4.90 Å². The molecule has 1 saturated carbocycles. The molecule has 2 aliphatic rings. The van der Waals surface area contributed by atoms with Crippen molar-refractivity contribution in [3.8, 4) is 11.8 Å². The van der Waals surface area contributed by atoms with Crippen LogP contribution in [-0.4, -0.2) is 61.6 Å². The number of esters is 1. The van der Waals surface area contributed by atoms with E-state index in [0.29, 0.717) is 0 Å². The van der Waals surface area contributed by atoms with Crippen LogP contribution in [0.2, 0.25) is 10.0 Å². The zero-order valence-corrected chi connectivity index (χ0v) is 32.2. The molecular weight excluding hydrogens is 743 g/mol. The van der Waals surface area contributed by atoms with Crippen LogP contribution in [0, 0.1) is 28.4 Å². The van der Waals surface area contributed by atoms with Crippen molar-refractivity contribution in [3.05, 3.63) is 93.0 Å². The number of benzene rings is 3. The zero-order valence-electron chi connectivity index (χ0n) is 30.7. The van der Waals surface area contributed by atoms with Gasteiger partial charge >= 0.3 is 12.1 Å².